The highest BCUT2D eigenvalue weighted by atomic mass is 79.9. The fourth-order valence-electron chi connectivity index (χ4n) is 2.43. The molecule has 20 heavy (non-hydrogen) atoms. The molecule has 0 spiro atoms. The Labute approximate surface area is 124 Å². The number of hydrogen-bond acceptors (Lipinski definition) is 2. The number of hydrogen-bond donors (Lipinski definition) is 0. The lowest BCUT2D eigenvalue weighted by atomic mass is 10.1. The van der Waals surface area contributed by atoms with E-state index in [4.69, 9.17) is 0 Å². The Balaban J connectivity index is 1.92. The van der Waals surface area contributed by atoms with E-state index in [-0.39, 0.29) is 17.8 Å². The fourth-order valence-corrected chi connectivity index (χ4v) is 2.74. The maximum absolute atomic E-state index is 13.3. The average molecular weight is 335 g/mol. The number of halogens is 2. The van der Waals surface area contributed by atoms with Crippen LogP contribution in [0.3, 0.4) is 0 Å². The van der Waals surface area contributed by atoms with Crippen molar-refractivity contribution in [2.24, 2.45) is 0 Å². The Morgan fingerprint density at radius 2 is 2.15 bits per heavy atom. The van der Waals surface area contributed by atoms with Crippen LogP contribution in [0.4, 0.5) is 4.39 Å². The maximum atomic E-state index is 13.3. The molecule has 0 fully saturated rings. The van der Waals surface area contributed by atoms with Gasteiger partial charge in [-0.25, -0.2) is 9.37 Å². The van der Waals surface area contributed by atoms with E-state index in [9.17, 15) is 9.18 Å². The Morgan fingerprint density at radius 1 is 1.35 bits per heavy atom. The van der Waals surface area contributed by atoms with Crippen molar-refractivity contribution < 1.29 is 9.18 Å². The van der Waals surface area contributed by atoms with Crippen LogP contribution >= 0.6 is 15.9 Å². The molecule has 0 bridgehead atoms. The lowest BCUT2D eigenvalue weighted by Crippen LogP contribution is -2.27. The standard InChI is InChI=1S/C15H12BrFN2O/c1-9(10-3-2-4-12(17)7-10)19-8-11-5-6-13(16)18-14(11)15(19)20/h2-7,9H,8H2,1H3. The molecule has 2 aromatic rings. The Kier molecular flexibility index (Phi) is 3.30. The van der Waals surface area contributed by atoms with Gasteiger partial charge in [-0.1, -0.05) is 18.2 Å². The van der Waals surface area contributed by atoms with Gasteiger partial charge in [0.15, 0.2) is 0 Å². The molecular weight excluding hydrogens is 323 g/mol. The molecule has 1 atom stereocenters. The van der Waals surface area contributed by atoms with Crippen molar-refractivity contribution in [1.29, 1.82) is 0 Å². The van der Waals surface area contributed by atoms with Crippen molar-refractivity contribution >= 4 is 21.8 Å². The topological polar surface area (TPSA) is 33.2 Å². The van der Waals surface area contributed by atoms with Gasteiger partial charge in [-0.05, 0) is 46.6 Å². The van der Waals surface area contributed by atoms with Crippen molar-refractivity contribution in [1.82, 2.24) is 9.88 Å². The number of aromatic nitrogens is 1. The van der Waals surface area contributed by atoms with Gasteiger partial charge >= 0.3 is 0 Å². The minimum absolute atomic E-state index is 0.113. The van der Waals surface area contributed by atoms with Crippen LogP contribution in [0, 0.1) is 5.82 Å². The number of amides is 1. The molecule has 0 saturated heterocycles. The summed E-state index contributed by atoms with van der Waals surface area (Å²) in [5, 5.41) is 0. The average Bonchev–Trinajstić information content (AvgIpc) is 2.75. The number of carbonyl (C=O) groups excluding carboxylic acids is 1. The number of benzene rings is 1. The number of nitrogens with zero attached hydrogens (tertiary/aromatic N) is 2. The normalized spacial score (nSPS) is 15.3. The number of pyridine rings is 1. The van der Waals surface area contributed by atoms with Gasteiger partial charge in [-0.2, -0.15) is 0 Å². The molecule has 1 aromatic carbocycles. The summed E-state index contributed by atoms with van der Waals surface area (Å²) in [7, 11) is 0. The third-order valence-corrected chi connectivity index (χ3v) is 3.99. The van der Waals surface area contributed by atoms with Crippen molar-refractivity contribution in [2.75, 3.05) is 0 Å². The molecule has 1 aromatic heterocycles. The summed E-state index contributed by atoms with van der Waals surface area (Å²) in [6.45, 7) is 2.40. The molecule has 0 N–H and O–H groups in total. The lowest BCUT2D eigenvalue weighted by Gasteiger charge is -2.24. The van der Waals surface area contributed by atoms with E-state index in [0.29, 0.717) is 16.8 Å². The summed E-state index contributed by atoms with van der Waals surface area (Å²) in [5.74, 6) is -0.405. The van der Waals surface area contributed by atoms with Gasteiger partial charge in [-0.15, -0.1) is 0 Å². The Morgan fingerprint density at radius 3 is 2.90 bits per heavy atom. The molecular formula is C15H12BrFN2O. The zero-order chi connectivity index (χ0) is 14.3. The van der Waals surface area contributed by atoms with Gasteiger partial charge in [0.1, 0.15) is 16.1 Å². The van der Waals surface area contributed by atoms with Crippen LogP contribution in [0.1, 0.15) is 34.6 Å². The van der Waals surface area contributed by atoms with Gasteiger partial charge < -0.3 is 4.90 Å². The zero-order valence-electron chi connectivity index (χ0n) is 10.8. The SMILES string of the molecule is CC(c1cccc(F)c1)N1Cc2ccc(Br)nc2C1=O. The zero-order valence-corrected chi connectivity index (χ0v) is 12.4. The number of carbonyl (C=O) groups is 1. The first-order valence-corrected chi connectivity index (χ1v) is 7.07. The molecule has 102 valence electrons. The third-order valence-electron chi connectivity index (χ3n) is 3.55. The molecule has 0 saturated carbocycles. The van der Waals surface area contributed by atoms with Crippen molar-refractivity contribution in [3.8, 4) is 0 Å². The summed E-state index contributed by atoms with van der Waals surface area (Å²) in [5.41, 5.74) is 2.16. The summed E-state index contributed by atoms with van der Waals surface area (Å²) in [6.07, 6.45) is 0. The van der Waals surface area contributed by atoms with Gasteiger partial charge in [0, 0.05) is 12.1 Å². The van der Waals surface area contributed by atoms with Crippen LogP contribution in [-0.2, 0) is 6.54 Å². The number of rotatable bonds is 2. The molecule has 1 unspecified atom stereocenters. The van der Waals surface area contributed by atoms with E-state index in [1.54, 1.807) is 11.0 Å². The first-order valence-electron chi connectivity index (χ1n) is 6.28. The van der Waals surface area contributed by atoms with E-state index in [0.717, 1.165) is 11.1 Å². The van der Waals surface area contributed by atoms with E-state index < -0.39 is 0 Å². The molecule has 1 aliphatic rings. The summed E-state index contributed by atoms with van der Waals surface area (Å²) >= 11 is 3.27. The van der Waals surface area contributed by atoms with Crippen LogP contribution < -0.4 is 0 Å². The highest BCUT2D eigenvalue weighted by Gasteiger charge is 2.32. The second-order valence-electron chi connectivity index (χ2n) is 4.81. The molecule has 0 radical (unpaired) electrons. The van der Waals surface area contributed by atoms with Crippen LogP contribution in [0.5, 0.6) is 0 Å². The van der Waals surface area contributed by atoms with Crippen molar-refractivity contribution in [3.05, 3.63) is 63.6 Å². The van der Waals surface area contributed by atoms with Gasteiger partial charge in [-0.3, -0.25) is 4.79 Å². The lowest BCUT2D eigenvalue weighted by molar-refractivity contribution is 0.0711. The Hall–Kier alpha value is -1.75. The van der Waals surface area contributed by atoms with Crippen molar-refractivity contribution in [3.63, 3.8) is 0 Å². The molecule has 1 aliphatic heterocycles. The first-order chi connectivity index (χ1) is 9.56. The van der Waals surface area contributed by atoms with E-state index >= 15 is 0 Å². The third kappa shape index (κ3) is 2.22. The quantitative estimate of drug-likeness (QED) is 0.784. The summed E-state index contributed by atoms with van der Waals surface area (Å²) in [6, 6.07) is 9.87. The minimum Gasteiger partial charge on any atom is -0.326 e. The van der Waals surface area contributed by atoms with Crippen LogP contribution in [0.2, 0.25) is 0 Å². The fraction of sp³-hybridized carbons (Fsp3) is 0.200. The van der Waals surface area contributed by atoms with E-state index in [1.807, 2.05) is 25.1 Å². The monoisotopic (exact) mass is 334 g/mol. The maximum Gasteiger partial charge on any atom is 0.273 e. The second kappa shape index (κ2) is 4.98. The largest absolute Gasteiger partial charge is 0.326 e. The van der Waals surface area contributed by atoms with Gasteiger partial charge in [0.2, 0.25) is 0 Å². The smallest absolute Gasteiger partial charge is 0.273 e. The van der Waals surface area contributed by atoms with E-state index in [2.05, 4.69) is 20.9 Å². The van der Waals surface area contributed by atoms with Gasteiger partial charge in [0.05, 0.1) is 6.04 Å². The highest BCUT2D eigenvalue weighted by Crippen LogP contribution is 2.31. The minimum atomic E-state index is -0.292. The van der Waals surface area contributed by atoms with Crippen molar-refractivity contribution in [2.45, 2.75) is 19.5 Å². The molecule has 1 amide bonds. The molecule has 0 aliphatic carbocycles. The van der Waals surface area contributed by atoms with E-state index in [1.165, 1.54) is 12.1 Å². The predicted molar refractivity (Wildman–Crippen MR) is 76.6 cm³/mol. The molecule has 5 heteroatoms. The highest BCUT2D eigenvalue weighted by molar-refractivity contribution is 9.10. The first kappa shape index (κ1) is 13.2. The summed E-state index contributed by atoms with van der Waals surface area (Å²) in [4.78, 5) is 18.3. The van der Waals surface area contributed by atoms with Crippen LogP contribution in [-0.4, -0.2) is 15.8 Å². The number of fused-ring (bicyclic) bond motifs is 1. The van der Waals surface area contributed by atoms with Gasteiger partial charge in [0.25, 0.3) is 5.91 Å². The second-order valence-corrected chi connectivity index (χ2v) is 5.62. The predicted octanol–water partition coefficient (Wildman–Crippen LogP) is 3.70. The molecule has 3 rings (SSSR count). The summed E-state index contributed by atoms with van der Waals surface area (Å²) < 4.78 is 13.9. The van der Waals surface area contributed by atoms with Crippen LogP contribution in [0.15, 0.2) is 41.0 Å². The Bertz CT molecular complexity index is 689. The van der Waals surface area contributed by atoms with Crippen LogP contribution in [0.25, 0.3) is 0 Å². The molecule has 3 nitrogen and oxygen atoms in total. The molecule has 2 heterocycles.